The lowest BCUT2D eigenvalue weighted by molar-refractivity contribution is 0.235. The SMILES string of the molecule is COc1cccc(C(CO)NC(C)c2cccc(F)c2)c1. The smallest absolute Gasteiger partial charge is 0.123 e. The number of benzene rings is 2. The number of rotatable bonds is 6. The maximum atomic E-state index is 13.3. The van der Waals surface area contributed by atoms with Crippen molar-refractivity contribution in [2.75, 3.05) is 13.7 Å². The summed E-state index contributed by atoms with van der Waals surface area (Å²) in [5.41, 5.74) is 1.77. The second kappa shape index (κ2) is 7.20. The van der Waals surface area contributed by atoms with Gasteiger partial charge in [0.15, 0.2) is 0 Å². The molecule has 0 fully saturated rings. The minimum Gasteiger partial charge on any atom is -0.497 e. The molecule has 3 nitrogen and oxygen atoms in total. The average Bonchev–Trinajstić information content (AvgIpc) is 2.52. The summed E-state index contributed by atoms with van der Waals surface area (Å²) in [4.78, 5) is 0. The van der Waals surface area contributed by atoms with Gasteiger partial charge in [0.05, 0.1) is 19.8 Å². The lowest BCUT2D eigenvalue weighted by Crippen LogP contribution is -2.27. The largest absolute Gasteiger partial charge is 0.497 e. The molecule has 2 aromatic rings. The molecule has 0 saturated heterocycles. The summed E-state index contributed by atoms with van der Waals surface area (Å²) >= 11 is 0. The first kappa shape index (κ1) is 15.5. The maximum Gasteiger partial charge on any atom is 0.123 e. The number of methoxy groups -OCH3 is 1. The lowest BCUT2D eigenvalue weighted by atomic mass is 10.0. The van der Waals surface area contributed by atoms with Gasteiger partial charge in [0.2, 0.25) is 0 Å². The Morgan fingerprint density at radius 3 is 2.52 bits per heavy atom. The molecule has 21 heavy (non-hydrogen) atoms. The van der Waals surface area contributed by atoms with Crippen LogP contribution in [-0.2, 0) is 0 Å². The standard InChI is InChI=1S/C17H20FNO2/c1-12(13-5-3-7-15(18)9-13)19-17(11-20)14-6-4-8-16(10-14)21-2/h3-10,12,17,19-20H,11H2,1-2H3. The molecule has 0 saturated carbocycles. The van der Waals surface area contributed by atoms with Crippen LogP contribution in [0.15, 0.2) is 48.5 Å². The fourth-order valence-electron chi connectivity index (χ4n) is 2.29. The van der Waals surface area contributed by atoms with Crippen molar-refractivity contribution >= 4 is 0 Å². The van der Waals surface area contributed by atoms with Crippen LogP contribution in [0.25, 0.3) is 0 Å². The van der Waals surface area contributed by atoms with Crippen LogP contribution in [0.1, 0.15) is 30.1 Å². The molecule has 0 amide bonds. The van der Waals surface area contributed by atoms with Crippen LogP contribution in [-0.4, -0.2) is 18.8 Å². The highest BCUT2D eigenvalue weighted by Crippen LogP contribution is 2.23. The quantitative estimate of drug-likeness (QED) is 0.858. The van der Waals surface area contributed by atoms with Crippen LogP contribution >= 0.6 is 0 Å². The molecule has 2 atom stereocenters. The van der Waals surface area contributed by atoms with Gasteiger partial charge in [-0.3, -0.25) is 0 Å². The monoisotopic (exact) mass is 289 g/mol. The number of aliphatic hydroxyl groups excluding tert-OH is 1. The molecule has 0 heterocycles. The van der Waals surface area contributed by atoms with E-state index in [-0.39, 0.29) is 24.5 Å². The summed E-state index contributed by atoms with van der Waals surface area (Å²) in [6.45, 7) is 1.89. The fourth-order valence-corrected chi connectivity index (χ4v) is 2.29. The van der Waals surface area contributed by atoms with E-state index < -0.39 is 0 Å². The van der Waals surface area contributed by atoms with Crippen LogP contribution in [0.3, 0.4) is 0 Å². The molecule has 0 aliphatic rings. The third-order valence-electron chi connectivity index (χ3n) is 3.48. The third kappa shape index (κ3) is 4.03. The van der Waals surface area contributed by atoms with Gasteiger partial charge in [0, 0.05) is 6.04 Å². The molecule has 4 heteroatoms. The van der Waals surface area contributed by atoms with Crippen LogP contribution in [0.5, 0.6) is 5.75 Å². The van der Waals surface area contributed by atoms with Crippen LogP contribution in [0, 0.1) is 5.82 Å². The highest BCUT2D eigenvalue weighted by molar-refractivity contribution is 5.31. The second-order valence-electron chi connectivity index (χ2n) is 4.96. The van der Waals surface area contributed by atoms with E-state index in [0.29, 0.717) is 0 Å². The van der Waals surface area contributed by atoms with Gasteiger partial charge >= 0.3 is 0 Å². The Labute approximate surface area is 124 Å². The van der Waals surface area contributed by atoms with Crippen molar-refractivity contribution in [3.63, 3.8) is 0 Å². The van der Waals surface area contributed by atoms with Gasteiger partial charge < -0.3 is 15.2 Å². The topological polar surface area (TPSA) is 41.5 Å². The molecule has 2 N–H and O–H groups in total. The summed E-state index contributed by atoms with van der Waals surface area (Å²) in [7, 11) is 1.61. The van der Waals surface area contributed by atoms with Gasteiger partial charge in [-0.25, -0.2) is 4.39 Å². The number of nitrogens with one attached hydrogen (secondary N) is 1. The zero-order valence-corrected chi connectivity index (χ0v) is 12.2. The number of aliphatic hydroxyl groups is 1. The Hall–Kier alpha value is -1.91. The van der Waals surface area contributed by atoms with Crippen molar-refractivity contribution in [2.45, 2.75) is 19.0 Å². The van der Waals surface area contributed by atoms with E-state index in [2.05, 4.69) is 5.32 Å². The second-order valence-corrected chi connectivity index (χ2v) is 4.96. The maximum absolute atomic E-state index is 13.3. The van der Waals surface area contributed by atoms with E-state index in [9.17, 15) is 9.50 Å². The van der Waals surface area contributed by atoms with E-state index in [1.807, 2.05) is 37.3 Å². The molecule has 0 aliphatic heterocycles. The van der Waals surface area contributed by atoms with Crippen LogP contribution in [0.4, 0.5) is 4.39 Å². The zero-order valence-electron chi connectivity index (χ0n) is 12.2. The molecule has 0 aliphatic carbocycles. The summed E-state index contributed by atoms with van der Waals surface area (Å²) in [5.74, 6) is 0.481. The summed E-state index contributed by atoms with van der Waals surface area (Å²) < 4.78 is 18.5. The van der Waals surface area contributed by atoms with E-state index in [1.165, 1.54) is 12.1 Å². The van der Waals surface area contributed by atoms with Crippen molar-refractivity contribution in [2.24, 2.45) is 0 Å². The van der Waals surface area contributed by atoms with Gasteiger partial charge in [-0.1, -0.05) is 24.3 Å². The number of hydrogen-bond acceptors (Lipinski definition) is 3. The summed E-state index contributed by atoms with van der Waals surface area (Å²) in [6, 6.07) is 13.7. The van der Waals surface area contributed by atoms with Gasteiger partial charge in [-0.15, -0.1) is 0 Å². The molecule has 0 radical (unpaired) electrons. The van der Waals surface area contributed by atoms with Crippen molar-refractivity contribution < 1.29 is 14.2 Å². The molecular formula is C17H20FNO2. The van der Waals surface area contributed by atoms with Crippen LogP contribution in [0.2, 0.25) is 0 Å². The number of ether oxygens (including phenoxy) is 1. The molecule has 2 unspecified atom stereocenters. The Kier molecular flexibility index (Phi) is 5.31. The predicted molar refractivity (Wildman–Crippen MR) is 80.8 cm³/mol. The molecular weight excluding hydrogens is 269 g/mol. The lowest BCUT2D eigenvalue weighted by Gasteiger charge is -2.23. The Bertz CT molecular complexity index is 589. The number of halogens is 1. The zero-order chi connectivity index (χ0) is 15.2. The Morgan fingerprint density at radius 2 is 1.86 bits per heavy atom. The van der Waals surface area contributed by atoms with E-state index in [4.69, 9.17) is 4.74 Å². The van der Waals surface area contributed by atoms with Crippen molar-refractivity contribution in [1.29, 1.82) is 0 Å². The predicted octanol–water partition coefficient (Wildman–Crippen LogP) is 3.22. The van der Waals surface area contributed by atoms with Crippen molar-refractivity contribution in [3.8, 4) is 5.75 Å². The van der Waals surface area contributed by atoms with Gasteiger partial charge in [-0.2, -0.15) is 0 Å². The molecule has 0 spiro atoms. The average molecular weight is 289 g/mol. The molecule has 112 valence electrons. The Balaban J connectivity index is 2.14. The minimum absolute atomic E-state index is 0.0488. The Morgan fingerprint density at radius 1 is 1.14 bits per heavy atom. The normalized spacial score (nSPS) is 13.7. The van der Waals surface area contributed by atoms with Crippen molar-refractivity contribution in [3.05, 3.63) is 65.5 Å². The fraction of sp³-hybridized carbons (Fsp3) is 0.294. The van der Waals surface area contributed by atoms with Crippen molar-refractivity contribution in [1.82, 2.24) is 5.32 Å². The highest BCUT2D eigenvalue weighted by Gasteiger charge is 2.15. The van der Waals surface area contributed by atoms with E-state index >= 15 is 0 Å². The first-order chi connectivity index (χ1) is 10.1. The molecule has 0 bridgehead atoms. The highest BCUT2D eigenvalue weighted by atomic mass is 19.1. The molecule has 0 aromatic heterocycles. The summed E-state index contributed by atoms with van der Waals surface area (Å²) in [5, 5.41) is 12.9. The van der Waals surface area contributed by atoms with Gasteiger partial charge in [-0.05, 0) is 42.3 Å². The van der Waals surface area contributed by atoms with Gasteiger partial charge in [0.1, 0.15) is 11.6 Å². The third-order valence-corrected chi connectivity index (χ3v) is 3.48. The molecule has 2 aromatic carbocycles. The van der Waals surface area contributed by atoms with E-state index in [0.717, 1.165) is 16.9 Å². The first-order valence-corrected chi connectivity index (χ1v) is 6.90. The number of hydrogen-bond donors (Lipinski definition) is 2. The van der Waals surface area contributed by atoms with E-state index in [1.54, 1.807) is 13.2 Å². The summed E-state index contributed by atoms with van der Waals surface area (Å²) in [6.07, 6.45) is 0. The van der Waals surface area contributed by atoms with Crippen LogP contribution < -0.4 is 10.1 Å². The van der Waals surface area contributed by atoms with Gasteiger partial charge in [0.25, 0.3) is 0 Å². The first-order valence-electron chi connectivity index (χ1n) is 6.90. The minimum atomic E-state index is -0.261. The molecule has 2 rings (SSSR count).